The number of nitrogens with zero attached hydrogens (tertiary/aromatic N) is 2. The molecule has 118 valence electrons. The molecule has 0 spiro atoms. The number of pyridine rings is 1. The second-order valence-corrected chi connectivity index (χ2v) is 7.13. The molecule has 0 radical (unpaired) electrons. The highest BCUT2D eigenvalue weighted by Gasteiger charge is 2.21. The molecule has 0 amide bonds. The third-order valence-corrected chi connectivity index (χ3v) is 5.04. The number of likely N-dealkylation sites (N-methyl/N-ethyl adjacent to an activating group) is 1. The maximum atomic E-state index is 13.0. The number of carbonyl (C=O) groups is 1. The predicted molar refractivity (Wildman–Crippen MR) is 96.5 cm³/mol. The summed E-state index contributed by atoms with van der Waals surface area (Å²) < 4.78 is 1.18. The fourth-order valence-corrected chi connectivity index (χ4v) is 3.92. The summed E-state index contributed by atoms with van der Waals surface area (Å²) in [4.78, 5) is 20.5. The van der Waals surface area contributed by atoms with Gasteiger partial charge in [0.15, 0.2) is 0 Å². The molecule has 3 rings (SSSR count). The number of fused-ring (bicyclic) bond motifs is 1. The van der Waals surface area contributed by atoms with E-state index in [2.05, 4.69) is 49.1 Å². The molecule has 3 nitrogen and oxygen atoms in total. The topological polar surface area (TPSA) is 33.2 Å². The van der Waals surface area contributed by atoms with E-state index in [1.807, 2.05) is 12.1 Å². The highest BCUT2D eigenvalue weighted by molar-refractivity contribution is 7.19. The van der Waals surface area contributed by atoms with Crippen molar-refractivity contribution >= 4 is 27.2 Å². The van der Waals surface area contributed by atoms with Crippen LogP contribution in [0.5, 0.6) is 0 Å². The molecule has 2 heterocycles. The lowest BCUT2D eigenvalue weighted by Gasteiger charge is -2.09. The first-order chi connectivity index (χ1) is 11.1. The normalized spacial score (nSPS) is 11.3. The Morgan fingerprint density at radius 2 is 2.04 bits per heavy atom. The smallest absolute Gasteiger partial charge is 0.213 e. The van der Waals surface area contributed by atoms with Crippen molar-refractivity contribution in [3.63, 3.8) is 0 Å². The van der Waals surface area contributed by atoms with Crippen LogP contribution in [0.1, 0.15) is 26.5 Å². The Bertz CT molecular complexity index is 837. The Morgan fingerprint density at radius 1 is 1.22 bits per heavy atom. The van der Waals surface area contributed by atoms with Gasteiger partial charge in [0, 0.05) is 33.3 Å². The fraction of sp³-hybridized carbons (Fsp3) is 0.263. The number of benzene rings is 1. The minimum Gasteiger partial charge on any atom is -0.309 e. The third-order valence-electron chi connectivity index (χ3n) is 3.83. The molecule has 0 saturated heterocycles. The number of ketones is 1. The number of thiophene rings is 1. The molecule has 0 fully saturated rings. The predicted octanol–water partition coefficient (Wildman–Crippen LogP) is 3.94. The van der Waals surface area contributed by atoms with E-state index in [4.69, 9.17) is 0 Å². The third kappa shape index (κ3) is 3.33. The summed E-state index contributed by atoms with van der Waals surface area (Å²) in [7, 11) is 4.11. The van der Waals surface area contributed by atoms with Crippen LogP contribution >= 0.6 is 11.3 Å². The van der Waals surface area contributed by atoms with Gasteiger partial charge in [-0.15, -0.1) is 11.3 Å². The van der Waals surface area contributed by atoms with E-state index in [1.54, 1.807) is 23.6 Å². The SMILES string of the molecule is Cc1ccc2c(C(=O)c3ccccn3)c(CCN(C)C)sc2c1. The molecule has 2 aromatic heterocycles. The van der Waals surface area contributed by atoms with Gasteiger partial charge < -0.3 is 4.90 Å². The van der Waals surface area contributed by atoms with E-state index in [0.717, 1.165) is 28.8 Å². The Labute approximate surface area is 140 Å². The van der Waals surface area contributed by atoms with Crippen LogP contribution in [0.3, 0.4) is 0 Å². The monoisotopic (exact) mass is 324 g/mol. The molecular formula is C19H20N2OS. The Kier molecular flexibility index (Phi) is 4.55. The molecule has 0 aliphatic heterocycles. The van der Waals surface area contributed by atoms with Gasteiger partial charge in [0.25, 0.3) is 0 Å². The van der Waals surface area contributed by atoms with Gasteiger partial charge in [-0.05, 0) is 51.2 Å². The molecule has 0 aliphatic carbocycles. The number of aromatic nitrogens is 1. The lowest BCUT2D eigenvalue weighted by Crippen LogP contribution is -2.16. The van der Waals surface area contributed by atoms with E-state index in [9.17, 15) is 4.79 Å². The van der Waals surface area contributed by atoms with Crippen molar-refractivity contribution in [1.82, 2.24) is 9.88 Å². The van der Waals surface area contributed by atoms with Crippen LogP contribution in [0.4, 0.5) is 0 Å². The first kappa shape index (κ1) is 15.8. The van der Waals surface area contributed by atoms with Crippen LogP contribution in [-0.4, -0.2) is 36.3 Å². The molecule has 4 heteroatoms. The molecule has 0 bridgehead atoms. The summed E-state index contributed by atoms with van der Waals surface area (Å²) in [6.45, 7) is 3.01. The molecule has 0 unspecified atom stereocenters. The van der Waals surface area contributed by atoms with Crippen LogP contribution in [-0.2, 0) is 6.42 Å². The quantitative estimate of drug-likeness (QED) is 0.667. The summed E-state index contributed by atoms with van der Waals surface area (Å²) in [5.41, 5.74) is 2.55. The van der Waals surface area contributed by atoms with Crippen LogP contribution < -0.4 is 0 Å². The molecule has 0 atom stereocenters. The average molecular weight is 324 g/mol. The summed E-state index contributed by atoms with van der Waals surface area (Å²) in [6, 6.07) is 11.8. The Hall–Kier alpha value is -2.04. The molecular weight excluding hydrogens is 304 g/mol. The van der Waals surface area contributed by atoms with Crippen molar-refractivity contribution in [2.75, 3.05) is 20.6 Å². The molecule has 0 aliphatic rings. The van der Waals surface area contributed by atoms with Gasteiger partial charge in [-0.3, -0.25) is 9.78 Å². The van der Waals surface area contributed by atoms with E-state index < -0.39 is 0 Å². The fourth-order valence-electron chi connectivity index (χ4n) is 2.63. The van der Waals surface area contributed by atoms with Crippen LogP contribution in [0, 0.1) is 6.92 Å². The Morgan fingerprint density at radius 3 is 2.74 bits per heavy atom. The van der Waals surface area contributed by atoms with E-state index in [1.165, 1.54) is 10.3 Å². The van der Waals surface area contributed by atoms with E-state index in [-0.39, 0.29) is 5.78 Å². The zero-order valence-corrected chi connectivity index (χ0v) is 14.5. The second-order valence-electron chi connectivity index (χ2n) is 6.00. The van der Waals surface area contributed by atoms with Crippen molar-refractivity contribution < 1.29 is 4.79 Å². The highest BCUT2D eigenvalue weighted by Crippen LogP contribution is 2.34. The maximum absolute atomic E-state index is 13.0. The van der Waals surface area contributed by atoms with Gasteiger partial charge in [-0.25, -0.2) is 0 Å². The minimum absolute atomic E-state index is 0.0226. The number of carbonyl (C=O) groups excluding carboxylic acids is 1. The summed E-state index contributed by atoms with van der Waals surface area (Å²) in [5, 5.41) is 1.05. The van der Waals surface area contributed by atoms with E-state index >= 15 is 0 Å². The van der Waals surface area contributed by atoms with Gasteiger partial charge in [0.05, 0.1) is 0 Å². The zero-order valence-electron chi connectivity index (χ0n) is 13.7. The van der Waals surface area contributed by atoms with Gasteiger partial charge >= 0.3 is 0 Å². The lowest BCUT2D eigenvalue weighted by atomic mass is 10.0. The number of aryl methyl sites for hydroxylation is 1. The molecule has 0 saturated carbocycles. The zero-order chi connectivity index (χ0) is 16.4. The lowest BCUT2D eigenvalue weighted by molar-refractivity contribution is 0.103. The number of hydrogen-bond donors (Lipinski definition) is 0. The first-order valence-corrected chi connectivity index (χ1v) is 8.50. The Balaban J connectivity index is 2.12. The van der Waals surface area contributed by atoms with Crippen LogP contribution in [0.25, 0.3) is 10.1 Å². The number of hydrogen-bond acceptors (Lipinski definition) is 4. The minimum atomic E-state index is 0.0226. The van der Waals surface area contributed by atoms with Crippen molar-refractivity contribution in [1.29, 1.82) is 0 Å². The standard InChI is InChI=1S/C19H20N2OS/c1-13-7-8-14-17(12-13)23-16(9-11-21(2)3)18(14)19(22)15-6-4-5-10-20-15/h4-8,10,12H,9,11H2,1-3H3. The summed E-state index contributed by atoms with van der Waals surface area (Å²) >= 11 is 1.73. The van der Waals surface area contributed by atoms with Crippen molar-refractivity contribution in [2.45, 2.75) is 13.3 Å². The van der Waals surface area contributed by atoms with Crippen LogP contribution in [0.2, 0.25) is 0 Å². The first-order valence-electron chi connectivity index (χ1n) is 7.69. The van der Waals surface area contributed by atoms with Crippen molar-refractivity contribution in [2.24, 2.45) is 0 Å². The van der Waals surface area contributed by atoms with Gasteiger partial charge in [0.1, 0.15) is 5.69 Å². The summed E-state index contributed by atoms with van der Waals surface area (Å²) in [5.74, 6) is 0.0226. The van der Waals surface area contributed by atoms with E-state index in [0.29, 0.717) is 5.69 Å². The maximum Gasteiger partial charge on any atom is 0.213 e. The molecule has 23 heavy (non-hydrogen) atoms. The average Bonchev–Trinajstić information content (AvgIpc) is 2.90. The second kappa shape index (κ2) is 6.60. The highest BCUT2D eigenvalue weighted by atomic mass is 32.1. The van der Waals surface area contributed by atoms with Gasteiger partial charge in [-0.2, -0.15) is 0 Å². The van der Waals surface area contributed by atoms with Gasteiger partial charge in [-0.1, -0.05) is 18.2 Å². The van der Waals surface area contributed by atoms with Crippen molar-refractivity contribution in [3.05, 3.63) is 64.3 Å². The van der Waals surface area contributed by atoms with Crippen LogP contribution in [0.15, 0.2) is 42.6 Å². The molecule has 1 aromatic carbocycles. The van der Waals surface area contributed by atoms with Crippen molar-refractivity contribution in [3.8, 4) is 0 Å². The summed E-state index contributed by atoms with van der Waals surface area (Å²) in [6.07, 6.45) is 2.55. The number of rotatable bonds is 5. The molecule has 3 aromatic rings. The van der Waals surface area contributed by atoms with Gasteiger partial charge in [0.2, 0.25) is 5.78 Å². The largest absolute Gasteiger partial charge is 0.309 e. The molecule has 0 N–H and O–H groups in total.